The molecule has 1 unspecified atom stereocenters. The molecule has 0 N–H and O–H groups in total. The van der Waals surface area contributed by atoms with Crippen molar-refractivity contribution in [3.05, 3.63) is 29.8 Å². The van der Waals surface area contributed by atoms with Crippen LogP contribution >= 0.6 is 21.9 Å². The minimum absolute atomic E-state index is 0.322. The summed E-state index contributed by atoms with van der Waals surface area (Å²) in [5.74, 6) is -0.322. The molecule has 0 bridgehead atoms. The first-order valence-electron chi connectivity index (χ1n) is 4.57. The molecule has 15 heavy (non-hydrogen) atoms. The van der Waals surface area contributed by atoms with E-state index in [4.69, 9.17) is 4.74 Å². The fourth-order valence-corrected chi connectivity index (χ4v) is 1.46. The molecule has 0 fully saturated rings. The van der Waals surface area contributed by atoms with Gasteiger partial charge in [-0.1, -0.05) is 6.07 Å². The molecule has 80 valence electrons. The SMILES string of the molecule is CCOC(=O)/C=C/c1ccc(S)c(P)c1. The highest BCUT2D eigenvalue weighted by Crippen LogP contribution is 2.10. The fraction of sp³-hybridized carbons (Fsp3) is 0.182. The van der Waals surface area contributed by atoms with Gasteiger partial charge in [-0.3, -0.25) is 0 Å². The summed E-state index contributed by atoms with van der Waals surface area (Å²) < 4.78 is 4.77. The van der Waals surface area contributed by atoms with Crippen LogP contribution in [0.4, 0.5) is 0 Å². The number of carbonyl (C=O) groups excluding carboxylic acids is 1. The van der Waals surface area contributed by atoms with Gasteiger partial charge in [0.15, 0.2) is 0 Å². The van der Waals surface area contributed by atoms with Gasteiger partial charge in [-0.25, -0.2) is 4.79 Å². The first-order chi connectivity index (χ1) is 7.13. The van der Waals surface area contributed by atoms with Crippen molar-refractivity contribution in [1.82, 2.24) is 0 Å². The van der Waals surface area contributed by atoms with E-state index in [1.165, 1.54) is 6.08 Å². The number of hydrogen-bond acceptors (Lipinski definition) is 3. The first kappa shape index (κ1) is 12.3. The predicted molar refractivity (Wildman–Crippen MR) is 68.7 cm³/mol. The summed E-state index contributed by atoms with van der Waals surface area (Å²) in [5.41, 5.74) is 0.950. The average Bonchev–Trinajstić information content (AvgIpc) is 2.20. The number of ether oxygens (including phenoxy) is 1. The van der Waals surface area contributed by atoms with Crippen LogP contribution in [0.1, 0.15) is 12.5 Å². The molecule has 0 aliphatic rings. The van der Waals surface area contributed by atoms with Crippen LogP contribution in [-0.2, 0) is 9.53 Å². The quantitative estimate of drug-likeness (QED) is 0.379. The van der Waals surface area contributed by atoms with Crippen molar-refractivity contribution < 1.29 is 9.53 Å². The number of esters is 1. The molecule has 0 amide bonds. The summed E-state index contributed by atoms with van der Waals surface area (Å²) in [6.45, 7) is 2.18. The Morgan fingerprint density at radius 3 is 2.93 bits per heavy atom. The van der Waals surface area contributed by atoms with E-state index in [1.807, 2.05) is 18.2 Å². The van der Waals surface area contributed by atoms with Crippen molar-refractivity contribution in [3.63, 3.8) is 0 Å². The van der Waals surface area contributed by atoms with Crippen molar-refractivity contribution in [1.29, 1.82) is 0 Å². The second kappa shape index (κ2) is 5.94. The van der Waals surface area contributed by atoms with E-state index in [-0.39, 0.29) is 5.97 Å². The summed E-state index contributed by atoms with van der Waals surface area (Å²) in [5, 5.41) is 1.00. The summed E-state index contributed by atoms with van der Waals surface area (Å²) in [4.78, 5) is 11.9. The molecule has 1 aromatic carbocycles. The molecule has 0 aromatic heterocycles. The Balaban J connectivity index is 2.72. The van der Waals surface area contributed by atoms with Gasteiger partial charge in [0.25, 0.3) is 0 Å². The van der Waals surface area contributed by atoms with Crippen LogP contribution < -0.4 is 5.30 Å². The zero-order chi connectivity index (χ0) is 11.3. The number of carbonyl (C=O) groups is 1. The molecule has 1 atom stereocenters. The van der Waals surface area contributed by atoms with Crippen LogP contribution in [0.15, 0.2) is 29.2 Å². The summed E-state index contributed by atoms with van der Waals surface area (Å²) in [7, 11) is 2.59. The van der Waals surface area contributed by atoms with Crippen LogP contribution in [0.25, 0.3) is 6.08 Å². The smallest absolute Gasteiger partial charge is 0.330 e. The van der Waals surface area contributed by atoms with Gasteiger partial charge in [-0.15, -0.1) is 21.9 Å². The Morgan fingerprint density at radius 1 is 1.60 bits per heavy atom. The van der Waals surface area contributed by atoms with Gasteiger partial charge in [0.05, 0.1) is 6.61 Å². The standard InChI is InChI=1S/C11H13O2PS/c1-2-13-11(12)6-4-8-3-5-10(15)9(14)7-8/h3-7,15H,2,14H2,1H3/b6-4+. The largest absolute Gasteiger partial charge is 0.463 e. The van der Waals surface area contributed by atoms with E-state index in [0.717, 1.165) is 15.8 Å². The topological polar surface area (TPSA) is 26.3 Å². The lowest BCUT2D eigenvalue weighted by Gasteiger charge is -1.99. The van der Waals surface area contributed by atoms with Crippen molar-refractivity contribution in [2.75, 3.05) is 6.61 Å². The zero-order valence-corrected chi connectivity index (χ0v) is 10.5. The van der Waals surface area contributed by atoms with E-state index in [0.29, 0.717) is 6.61 Å². The molecule has 2 nitrogen and oxygen atoms in total. The normalized spacial score (nSPS) is 10.6. The van der Waals surface area contributed by atoms with Gasteiger partial charge >= 0.3 is 5.97 Å². The maximum Gasteiger partial charge on any atom is 0.330 e. The number of hydrogen-bond donors (Lipinski definition) is 1. The van der Waals surface area contributed by atoms with Gasteiger partial charge in [0.2, 0.25) is 0 Å². The van der Waals surface area contributed by atoms with Crippen LogP contribution in [0, 0.1) is 0 Å². The molecule has 4 heteroatoms. The van der Waals surface area contributed by atoms with Crippen LogP contribution in [-0.4, -0.2) is 12.6 Å². The van der Waals surface area contributed by atoms with E-state index < -0.39 is 0 Å². The van der Waals surface area contributed by atoms with E-state index in [1.54, 1.807) is 13.0 Å². The molecule has 0 aliphatic heterocycles. The molecule has 0 radical (unpaired) electrons. The van der Waals surface area contributed by atoms with E-state index in [9.17, 15) is 4.79 Å². The van der Waals surface area contributed by atoms with E-state index in [2.05, 4.69) is 21.9 Å². The van der Waals surface area contributed by atoms with Gasteiger partial charge in [0, 0.05) is 11.0 Å². The van der Waals surface area contributed by atoms with Gasteiger partial charge < -0.3 is 4.74 Å². The van der Waals surface area contributed by atoms with Crippen LogP contribution in [0.3, 0.4) is 0 Å². The minimum atomic E-state index is -0.322. The third kappa shape index (κ3) is 4.06. The van der Waals surface area contributed by atoms with Crippen molar-refractivity contribution in [2.45, 2.75) is 11.8 Å². The summed E-state index contributed by atoms with van der Waals surface area (Å²) >= 11 is 4.25. The fourth-order valence-electron chi connectivity index (χ4n) is 1.03. The summed E-state index contributed by atoms with van der Waals surface area (Å²) in [6, 6.07) is 5.71. The maximum atomic E-state index is 11.0. The van der Waals surface area contributed by atoms with Crippen molar-refractivity contribution in [3.8, 4) is 0 Å². The molecular formula is C11H13O2PS. The molecule has 0 heterocycles. The Labute approximate surface area is 97.3 Å². The highest BCUT2D eigenvalue weighted by atomic mass is 32.1. The van der Waals surface area contributed by atoms with Gasteiger partial charge in [-0.2, -0.15) is 0 Å². The third-order valence-electron chi connectivity index (χ3n) is 1.75. The minimum Gasteiger partial charge on any atom is -0.463 e. The Kier molecular flexibility index (Phi) is 4.86. The Bertz CT molecular complexity index is 388. The molecule has 0 spiro atoms. The molecule has 0 saturated heterocycles. The highest BCUT2D eigenvalue weighted by molar-refractivity contribution is 7.80. The molecule has 1 rings (SSSR count). The Morgan fingerprint density at radius 2 is 2.33 bits per heavy atom. The monoisotopic (exact) mass is 240 g/mol. The number of benzene rings is 1. The predicted octanol–water partition coefficient (Wildman–Crippen LogP) is 2.05. The third-order valence-corrected chi connectivity index (χ3v) is 2.88. The second-order valence-electron chi connectivity index (χ2n) is 2.90. The van der Waals surface area contributed by atoms with Crippen LogP contribution in [0.5, 0.6) is 0 Å². The molecule has 0 aliphatic carbocycles. The lowest BCUT2D eigenvalue weighted by molar-refractivity contribution is -0.137. The van der Waals surface area contributed by atoms with Gasteiger partial charge in [0.1, 0.15) is 0 Å². The average molecular weight is 240 g/mol. The first-order valence-corrected chi connectivity index (χ1v) is 5.59. The zero-order valence-electron chi connectivity index (χ0n) is 8.43. The Hall–Kier alpha value is -0.790. The summed E-state index contributed by atoms with van der Waals surface area (Å²) in [6.07, 6.45) is 3.14. The number of thiol groups is 1. The van der Waals surface area contributed by atoms with Crippen molar-refractivity contribution in [2.24, 2.45) is 0 Å². The lowest BCUT2D eigenvalue weighted by atomic mass is 10.2. The van der Waals surface area contributed by atoms with Crippen molar-refractivity contribution >= 4 is 39.2 Å². The number of rotatable bonds is 3. The van der Waals surface area contributed by atoms with Gasteiger partial charge in [-0.05, 0) is 36.0 Å². The second-order valence-corrected chi connectivity index (χ2v) is 4.01. The molecule has 0 saturated carbocycles. The molecule has 1 aromatic rings. The van der Waals surface area contributed by atoms with Crippen LogP contribution in [0.2, 0.25) is 0 Å². The van der Waals surface area contributed by atoms with E-state index >= 15 is 0 Å². The maximum absolute atomic E-state index is 11.0. The molecular weight excluding hydrogens is 227 g/mol. The lowest BCUT2D eigenvalue weighted by Crippen LogP contribution is -1.99. The highest BCUT2D eigenvalue weighted by Gasteiger charge is 1.96.